The Morgan fingerprint density at radius 3 is 2.27 bits per heavy atom. The summed E-state index contributed by atoms with van der Waals surface area (Å²) in [6, 6.07) is 4.84. The molecule has 0 N–H and O–H groups in total. The summed E-state index contributed by atoms with van der Waals surface area (Å²) in [6.45, 7) is 0. The van der Waals surface area contributed by atoms with E-state index in [4.69, 9.17) is 23.2 Å². The number of rotatable bonds is 3. The van der Waals surface area contributed by atoms with Gasteiger partial charge in [0, 0.05) is 6.07 Å². The Kier molecular flexibility index (Phi) is 4.58. The molecule has 0 aliphatic rings. The molecule has 22 heavy (non-hydrogen) atoms. The maximum absolute atomic E-state index is 12.8. The minimum atomic E-state index is -4.75. The van der Waals surface area contributed by atoms with Gasteiger partial charge in [0.25, 0.3) is 0 Å². The van der Waals surface area contributed by atoms with Crippen molar-refractivity contribution in [1.29, 1.82) is 0 Å². The van der Waals surface area contributed by atoms with Crippen LogP contribution in [0.15, 0.2) is 24.3 Å². The third-order valence-electron chi connectivity index (χ3n) is 2.60. The Labute approximate surface area is 132 Å². The van der Waals surface area contributed by atoms with E-state index in [9.17, 15) is 18.0 Å². The van der Waals surface area contributed by atoms with Crippen molar-refractivity contribution in [3.8, 4) is 5.88 Å². The van der Waals surface area contributed by atoms with E-state index in [2.05, 4.69) is 14.7 Å². The zero-order valence-corrected chi connectivity index (χ0v) is 12.4. The molecule has 2 rings (SSSR count). The number of hydrogen-bond donors (Lipinski definition) is 0. The highest BCUT2D eigenvalue weighted by molar-refractivity contribution is 6.40. The van der Waals surface area contributed by atoms with Crippen LogP contribution in [0, 0.1) is 0 Å². The molecule has 0 aliphatic heterocycles. The third kappa shape index (κ3) is 3.31. The van der Waals surface area contributed by atoms with Gasteiger partial charge in [-0.3, -0.25) is 4.79 Å². The van der Waals surface area contributed by atoms with Gasteiger partial charge >= 0.3 is 6.18 Å². The van der Waals surface area contributed by atoms with E-state index in [1.807, 2.05) is 0 Å². The van der Waals surface area contributed by atoms with Gasteiger partial charge < -0.3 is 4.74 Å². The van der Waals surface area contributed by atoms with Gasteiger partial charge in [0.05, 0.1) is 22.7 Å². The predicted molar refractivity (Wildman–Crippen MR) is 73.5 cm³/mol. The molecule has 9 heteroatoms. The number of aromatic nitrogens is 2. The Morgan fingerprint density at radius 2 is 1.77 bits per heavy atom. The highest BCUT2D eigenvalue weighted by atomic mass is 35.5. The normalized spacial score (nSPS) is 11.4. The molecule has 0 atom stereocenters. The maximum Gasteiger partial charge on any atom is 0.433 e. The first kappa shape index (κ1) is 16.5. The Hall–Kier alpha value is -1.86. The number of nitrogens with zero attached hydrogens (tertiary/aromatic N) is 2. The van der Waals surface area contributed by atoms with E-state index < -0.39 is 29.4 Å². The van der Waals surface area contributed by atoms with Gasteiger partial charge in [0.2, 0.25) is 17.5 Å². The molecule has 1 aromatic carbocycles. The summed E-state index contributed by atoms with van der Waals surface area (Å²) in [6.07, 6.45) is -4.75. The molecule has 0 aliphatic carbocycles. The first-order valence-electron chi connectivity index (χ1n) is 5.73. The first-order valence-corrected chi connectivity index (χ1v) is 6.48. The lowest BCUT2D eigenvalue weighted by Crippen LogP contribution is -2.15. The van der Waals surface area contributed by atoms with Crippen LogP contribution in [0.25, 0.3) is 0 Å². The van der Waals surface area contributed by atoms with E-state index in [-0.39, 0.29) is 15.6 Å². The molecule has 2 aromatic rings. The molecule has 0 bridgehead atoms. The standard InChI is InChI=1S/C13H7Cl2F3N2O2/c1-22-9-5-8(13(16,17)18)19-12(20-9)11(21)10-6(14)3-2-4-7(10)15/h2-5H,1H3. The molecule has 4 nitrogen and oxygen atoms in total. The number of halogens is 5. The Bertz CT molecular complexity index is 715. The second kappa shape index (κ2) is 6.10. The minimum Gasteiger partial charge on any atom is -0.481 e. The zero-order chi connectivity index (χ0) is 16.5. The summed E-state index contributed by atoms with van der Waals surface area (Å²) in [5.74, 6) is -2.03. The number of carbonyl (C=O) groups excluding carboxylic acids is 1. The second-order valence-corrected chi connectivity index (χ2v) is 4.86. The van der Waals surface area contributed by atoms with Crippen LogP contribution in [0.5, 0.6) is 5.88 Å². The van der Waals surface area contributed by atoms with Crippen molar-refractivity contribution in [1.82, 2.24) is 9.97 Å². The molecule has 0 fully saturated rings. The van der Waals surface area contributed by atoms with Crippen molar-refractivity contribution in [2.45, 2.75) is 6.18 Å². The maximum atomic E-state index is 12.8. The summed E-state index contributed by atoms with van der Waals surface area (Å²) in [5, 5.41) is -0.0324. The fourth-order valence-electron chi connectivity index (χ4n) is 1.60. The largest absolute Gasteiger partial charge is 0.481 e. The van der Waals surface area contributed by atoms with Crippen molar-refractivity contribution in [2.24, 2.45) is 0 Å². The quantitative estimate of drug-likeness (QED) is 0.784. The number of carbonyl (C=O) groups is 1. The predicted octanol–water partition coefficient (Wildman–Crippen LogP) is 4.04. The lowest BCUT2D eigenvalue weighted by Gasteiger charge is -2.10. The van der Waals surface area contributed by atoms with Crippen molar-refractivity contribution in [2.75, 3.05) is 7.11 Å². The molecule has 0 spiro atoms. The van der Waals surface area contributed by atoms with Crippen molar-refractivity contribution in [3.63, 3.8) is 0 Å². The average Bonchev–Trinajstić information content (AvgIpc) is 2.45. The van der Waals surface area contributed by atoms with Crippen LogP contribution in [-0.2, 0) is 6.18 Å². The highest BCUT2D eigenvalue weighted by Crippen LogP contribution is 2.31. The van der Waals surface area contributed by atoms with Crippen LogP contribution < -0.4 is 4.74 Å². The molecule has 0 radical (unpaired) electrons. The molecule has 0 saturated heterocycles. The number of methoxy groups -OCH3 is 1. The summed E-state index contributed by atoms with van der Waals surface area (Å²) in [7, 11) is 1.12. The van der Waals surface area contributed by atoms with E-state index in [0.29, 0.717) is 6.07 Å². The molecule has 0 saturated carbocycles. The fourth-order valence-corrected chi connectivity index (χ4v) is 2.17. The van der Waals surface area contributed by atoms with E-state index in [0.717, 1.165) is 7.11 Å². The van der Waals surface area contributed by atoms with Gasteiger partial charge in [0.1, 0.15) is 0 Å². The molecule has 116 valence electrons. The molecule has 1 aromatic heterocycles. The van der Waals surface area contributed by atoms with Crippen LogP contribution in [0.1, 0.15) is 21.9 Å². The molecular formula is C13H7Cl2F3N2O2. The Balaban J connectivity index is 2.59. The van der Waals surface area contributed by atoms with Crippen LogP contribution in [-0.4, -0.2) is 22.9 Å². The molecular weight excluding hydrogens is 344 g/mol. The SMILES string of the molecule is COc1cc(C(F)(F)F)nc(C(=O)c2c(Cl)cccc2Cl)n1. The third-order valence-corrected chi connectivity index (χ3v) is 3.23. The number of ketones is 1. The van der Waals surface area contributed by atoms with Gasteiger partial charge in [0.15, 0.2) is 5.69 Å². The minimum absolute atomic E-state index is 0.0162. The number of ether oxygens (including phenoxy) is 1. The molecule has 1 heterocycles. The summed E-state index contributed by atoms with van der Waals surface area (Å²) in [4.78, 5) is 19.2. The lowest BCUT2D eigenvalue weighted by molar-refractivity contribution is -0.141. The van der Waals surface area contributed by atoms with Gasteiger partial charge in [-0.05, 0) is 12.1 Å². The highest BCUT2D eigenvalue weighted by Gasteiger charge is 2.35. The van der Waals surface area contributed by atoms with E-state index in [1.165, 1.54) is 18.2 Å². The monoisotopic (exact) mass is 350 g/mol. The lowest BCUT2D eigenvalue weighted by atomic mass is 10.1. The zero-order valence-electron chi connectivity index (χ0n) is 10.9. The first-order chi connectivity index (χ1) is 10.2. The van der Waals surface area contributed by atoms with Gasteiger partial charge in [-0.1, -0.05) is 29.3 Å². The van der Waals surface area contributed by atoms with Crippen LogP contribution in [0.3, 0.4) is 0 Å². The van der Waals surface area contributed by atoms with E-state index in [1.54, 1.807) is 0 Å². The topological polar surface area (TPSA) is 52.1 Å². The van der Waals surface area contributed by atoms with Gasteiger partial charge in [-0.25, -0.2) is 4.98 Å². The second-order valence-electron chi connectivity index (χ2n) is 4.04. The average molecular weight is 351 g/mol. The number of hydrogen-bond acceptors (Lipinski definition) is 4. The van der Waals surface area contributed by atoms with Crippen LogP contribution in [0.2, 0.25) is 10.0 Å². The van der Waals surface area contributed by atoms with Crippen LogP contribution in [0.4, 0.5) is 13.2 Å². The summed E-state index contributed by atoms with van der Waals surface area (Å²) in [5.41, 5.74) is -1.47. The number of benzene rings is 1. The molecule has 0 unspecified atom stereocenters. The smallest absolute Gasteiger partial charge is 0.433 e. The van der Waals surface area contributed by atoms with Gasteiger partial charge in [-0.15, -0.1) is 0 Å². The van der Waals surface area contributed by atoms with Crippen molar-refractivity contribution < 1.29 is 22.7 Å². The van der Waals surface area contributed by atoms with Gasteiger partial charge in [-0.2, -0.15) is 18.2 Å². The van der Waals surface area contributed by atoms with Crippen LogP contribution >= 0.6 is 23.2 Å². The molecule has 0 amide bonds. The number of alkyl halides is 3. The van der Waals surface area contributed by atoms with E-state index >= 15 is 0 Å². The van der Waals surface area contributed by atoms with Crippen molar-refractivity contribution in [3.05, 3.63) is 51.4 Å². The summed E-state index contributed by atoms with van der Waals surface area (Å²) < 4.78 is 43.1. The van der Waals surface area contributed by atoms with Crippen molar-refractivity contribution >= 4 is 29.0 Å². The Morgan fingerprint density at radius 1 is 1.18 bits per heavy atom. The fraction of sp³-hybridized carbons (Fsp3) is 0.154. The summed E-state index contributed by atoms with van der Waals surface area (Å²) >= 11 is 11.7.